The minimum atomic E-state index is 0.413. The molecule has 7 heteroatoms. The van der Waals surface area contributed by atoms with Crippen molar-refractivity contribution in [1.82, 2.24) is 19.4 Å². The summed E-state index contributed by atoms with van der Waals surface area (Å²) in [7, 11) is 1.65. The van der Waals surface area contributed by atoms with Crippen molar-refractivity contribution in [2.45, 2.75) is 19.8 Å². The van der Waals surface area contributed by atoms with E-state index in [1.807, 2.05) is 40.9 Å². The summed E-state index contributed by atoms with van der Waals surface area (Å²) in [4.78, 5) is 13.3. The van der Waals surface area contributed by atoms with Crippen LogP contribution in [0.3, 0.4) is 0 Å². The first-order chi connectivity index (χ1) is 13.6. The van der Waals surface area contributed by atoms with Gasteiger partial charge in [0.05, 0.1) is 35.9 Å². The van der Waals surface area contributed by atoms with Crippen LogP contribution in [0.2, 0.25) is 5.02 Å². The molecule has 0 fully saturated rings. The lowest BCUT2D eigenvalue weighted by Crippen LogP contribution is -2.02. The molecule has 0 saturated heterocycles. The van der Waals surface area contributed by atoms with E-state index in [1.165, 1.54) is 5.56 Å². The van der Waals surface area contributed by atoms with E-state index in [-0.39, 0.29) is 0 Å². The molecule has 0 radical (unpaired) electrons. The molecule has 0 atom stereocenters. The fourth-order valence-corrected chi connectivity index (χ4v) is 3.19. The van der Waals surface area contributed by atoms with Crippen molar-refractivity contribution < 1.29 is 4.74 Å². The quantitative estimate of drug-likeness (QED) is 0.497. The molecule has 0 saturated carbocycles. The molecule has 0 amide bonds. The van der Waals surface area contributed by atoms with E-state index in [2.05, 4.69) is 40.2 Å². The highest BCUT2D eigenvalue weighted by Gasteiger charge is 2.14. The van der Waals surface area contributed by atoms with Crippen LogP contribution in [0.25, 0.3) is 17.0 Å². The zero-order valence-electron chi connectivity index (χ0n) is 15.8. The van der Waals surface area contributed by atoms with Crippen molar-refractivity contribution in [3.05, 3.63) is 65.6 Å². The van der Waals surface area contributed by atoms with Crippen LogP contribution in [0.5, 0.6) is 5.75 Å². The zero-order chi connectivity index (χ0) is 19.7. The molecule has 0 aliphatic carbocycles. The van der Waals surface area contributed by atoms with Crippen molar-refractivity contribution in [3.8, 4) is 17.1 Å². The van der Waals surface area contributed by atoms with E-state index in [0.717, 1.165) is 22.8 Å². The van der Waals surface area contributed by atoms with Gasteiger partial charge in [-0.15, -0.1) is 0 Å². The topological polar surface area (TPSA) is 64.3 Å². The number of benzene rings is 1. The molecule has 1 N–H and O–H groups in total. The molecule has 142 valence electrons. The summed E-state index contributed by atoms with van der Waals surface area (Å²) in [5.41, 5.74) is 4.22. The molecule has 0 spiro atoms. The molecule has 0 aliphatic heterocycles. The molecule has 4 rings (SSSR count). The molecule has 28 heavy (non-hydrogen) atoms. The van der Waals surface area contributed by atoms with Gasteiger partial charge in [0.25, 0.3) is 0 Å². The smallest absolute Gasteiger partial charge is 0.227 e. The molecule has 0 aliphatic rings. The standard InChI is InChI=1S/C21H20ClN5O/c1-13(2)14-7-8-16(18(10-14)28-3)25-21-24-11-15(22)20(26-21)17-12-23-19-6-4-5-9-27(17)19/h4-13H,1-3H3,(H,24,25,26). The first-order valence-corrected chi connectivity index (χ1v) is 9.34. The van der Waals surface area contributed by atoms with Crippen molar-refractivity contribution in [2.24, 2.45) is 0 Å². The van der Waals surface area contributed by atoms with Gasteiger partial charge < -0.3 is 10.1 Å². The number of aromatic nitrogens is 4. The highest BCUT2D eigenvalue weighted by atomic mass is 35.5. The van der Waals surface area contributed by atoms with Crippen LogP contribution < -0.4 is 10.1 Å². The summed E-state index contributed by atoms with van der Waals surface area (Å²) in [5, 5.41) is 3.69. The molecular weight excluding hydrogens is 374 g/mol. The van der Waals surface area contributed by atoms with E-state index in [9.17, 15) is 0 Å². The summed E-state index contributed by atoms with van der Waals surface area (Å²) in [6.07, 6.45) is 5.27. The first kappa shape index (κ1) is 18.3. The number of fused-ring (bicyclic) bond motifs is 1. The Morgan fingerprint density at radius 1 is 1.11 bits per heavy atom. The van der Waals surface area contributed by atoms with Crippen molar-refractivity contribution in [2.75, 3.05) is 12.4 Å². The van der Waals surface area contributed by atoms with Gasteiger partial charge in [-0.05, 0) is 35.7 Å². The summed E-state index contributed by atoms with van der Waals surface area (Å²) in [6, 6.07) is 11.9. The average molecular weight is 394 g/mol. The third-order valence-corrected chi connectivity index (χ3v) is 4.82. The maximum absolute atomic E-state index is 6.39. The Bertz CT molecular complexity index is 1140. The fraction of sp³-hybridized carbons (Fsp3) is 0.190. The van der Waals surface area contributed by atoms with E-state index in [1.54, 1.807) is 19.5 Å². The van der Waals surface area contributed by atoms with Crippen LogP contribution in [-0.2, 0) is 0 Å². The minimum Gasteiger partial charge on any atom is -0.495 e. The Balaban J connectivity index is 1.72. The number of ether oxygens (including phenoxy) is 1. The monoisotopic (exact) mass is 393 g/mol. The lowest BCUT2D eigenvalue weighted by molar-refractivity contribution is 0.416. The number of hydrogen-bond acceptors (Lipinski definition) is 5. The third-order valence-electron chi connectivity index (χ3n) is 4.54. The summed E-state index contributed by atoms with van der Waals surface area (Å²) in [6.45, 7) is 4.29. The van der Waals surface area contributed by atoms with Gasteiger partial charge in [0.2, 0.25) is 5.95 Å². The zero-order valence-corrected chi connectivity index (χ0v) is 16.6. The van der Waals surface area contributed by atoms with Crippen LogP contribution in [0.15, 0.2) is 55.0 Å². The Morgan fingerprint density at radius 2 is 1.96 bits per heavy atom. The molecule has 0 bridgehead atoms. The molecule has 0 unspecified atom stereocenters. The van der Waals surface area contributed by atoms with Crippen LogP contribution in [0.1, 0.15) is 25.3 Å². The van der Waals surface area contributed by atoms with Crippen LogP contribution in [-0.4, -0.2) is 26.5 Å². The maximum atomic E-state index is 6.39. The average Bonchev–Trinajstić information content (AvgIpc) is 3.13. The highest BCUT2D eigenvalue weighted by Crippen LogP contribution is 2.32. The van der Waals surface area contributed by atoms with Crippen LogP contribution in [0, 0.1) is 0 Å². The maximum Gasteiger partial charge on any atom is 0.227 e. The summed E-state index contributed by atoms with van der Waals surface area (Å²) >= 11 is 6.39. The molecular formula is C21H20ClN5O. The van der Waals surface area contributed by atoms with Gasteiger partial charge >= 0.3 is 0 Å². The van der Waals surface area contributed by atoms with E-state index >= 15 is 0 Å². The largest absolute Gasteiger partial charge is 0.495 e. The summed E-state index contributed by atoms with van der Waals surface area (Å²) < 4.78 is 7.47. The fourth-order valence-electron chi connectivity index (χ4n) is 3.01. The van der Waals surface area contributed by atoms with Crippen LogP contribution >= 0.6 is 11.6 Å². The molecule has 1 aromatic carbocycles. The molecule has 6 nitrogen and oxygen atoms in total. The van der Waals surface area contributed by atoms with Gasteiger partial charge in [0.15, 0.2) is 0 Å². The lowest BCUT2D eigenvalue weighted by Gasteiger charge is -2.14. The molecule has 3 heterocycles. The number of anilines is 2. The third kappa shape index (κ3) is 3.39. The van der Waals surface area contributed by atoms with Gasteiger partial charge in [-0.1, -0.05) is 37.6 Å². The number of halogens is 1. The summed E-state index contributed by atoms with van der Waals surface area (Å²) in [5.74, 6) is 1.58. The van der Waals surface area contributed by atoms with Crippen molar-refractivity contribution in [1.29, 1.82) is 0 Å². The minimum absolute atomic E-state index is 0.413. The van der Waals surface area contributed by atoms with E-state index < -0.39 is 0 Å². The Hall–Kier alpha value is -3.12. The normalized spacial score (nSPS) is 11.2. The van der Waals surface area contributed by atoms with E-state index in [4.69, 9.17) is 16.3 Å². The second-order valence-corrected chi connectivity index (χ2v) is 7.11. The molecule has 4 aromatic rings. The van der Waals surface area contributed by atoms with Gasteiger partial charge in [-0.3, -0.25) is 4.40 Å². The number of pyridine rings is 1. The highest BCUT2D eigenvalue weighted by molar-refractivity contribution is 6.32. The van der Waals surface area contributed by atoms with Gasteiger partial charge in [-0.25, -0.2) is 15.0 Å². The SMILES string of the molecule is COc1cc(C(C)C)ccc1Nc1ncc(Cl)c(-c2cnc3ccccn23)n1. The van der Waals surface area contributed by atoms with Crippen molar-refractivity contribution in [3.63, 3.8) is 0 Å². The van der Waals surface area contributed by atoms with Gasteiger partial charge in [0, 0.05) is 6.20 Å². The number of methoxy groups -OCH3 is 1. The first-order valence-electron chi connectivity index (χ1n) is 8.97. The number of hydrogen-bond donors (Lipinski definition) is 1. The van der Waals surface area contributed by atoms with Gasteiger partial charge in [0.1, 0.15) is 17.1 Å². The molecule has 3 aromatic heterocycles. The predicted octanol–water partition coefficient (Wildman–Crippen LogP) is 5.32. The lowest BCUT2D eigenvalue weighted by atomic mass is 10.0. The van der Waals surface area contributed by atoms with Crippen LogP contribution in [0.4, 0.5) is 11.6 Å². The van der Waals surface area contributed by atoms with E-state index in [0.29, 0.717) is 22.6 Å². The Labute approximate surface area is 168 Å². The number of nitrogens with zero attached hydrogens (tertiary/aromatic N) is 4. The van der Waals surface area contributed by atoms with Gasteiger partial charge in [-0.2, -0.15) is 0 Å². The number of rotatable bonds is 5. The predicted molar refractivity (Wildman–Crippen MR) is 112 cm³/mol. The number of nitrogens with one attached hydrogen (secondary N) is 1. The Kier molecular flexibility index (Phi) is 4.88. The number of imidazole rings is 1. The van der Waals surface area contributed by atoms with Crippen molar-refractivity contribution >= 4 is 28.9 Å². The second-order valence-electron chi connectivity index (χ2n) is 6.70. The Morgan fingerprint density at radius 3 is 2.75 bits per heavy atom. The second kappa shape index (κ2) is 7.48.